The van der Waals surface area contributed by atoms with Crippen molar-refractivity contribution in [3.63, 3.8) is 0 Å². The molecule has 2 N–H and O–H groups in total. The maximum Gasteiger partial charge on any atom is -0.00772 e. The Kier molecular flexibility index (Phi) is 3.64. The third-order valence-corrected chi connectivity index (χ3v) is 2.70. The van der Waals surface area contributed by atoms with E-state index in [1.807, 2.05) is 0 Å². The van der Waals surface area contributed by atoms with E-state index in [0.29, 0.717) is 0 Å². The summed E-state index contributed by atoms with van der Waals surface area (Å²) in [6.45, 7) is 3.21. The third kappa shape index (κ3) is 2.66. The van der Waals surface area contributed by atoms with Crippen LogP contribution < -0.4 is 5.73 Å². The molecular weight excluding hydrogens is 134 g/mol. The minimum absolute atomic E-state index is 0.854. The van der Waals surface area contributed by atoms with Gasteiger partial charge in [-0.2, -0.15) is 0 Å². The second-order valence-electron chi connectivity index (χ2n) is 3.61. The zero-order valence-corrected chi connectivity index (χ0v) is 7.42. The van der Waals surface area contributed by atoms with E-state index in [1.54, 1.807) is 0 Å². The standard InChI is InChI=1S/C10H19N/c1-9-5-2-3-6-10(9)7-4-8-11/h2-3,9-10H,4-8,11H2,1H3. The molecule has 0 aromatic rings. The third-order valence-electron chi connectivity index (χ3n) is 2.70. The molecule has 64 valence electrons. The van der Waals surface area contributed by atoms with Crippen molar-refractivity contribution in [3.05, 3.63) is 12.2 Å². The fourth-order valence-corrected chi connectivity index (χ4v) is 1.79. The molecule has 1 aliphatic carbocycles. The Morgan fingerprint density at radius 2 is 2.09 bits per heavy atom. The monoisotopic (exact) mass is 153 g/mol. The molecule has 0 spiro atoms. The van der Waals surface area contributed by atoms with Crippen LogP contribution in [0.4, 0.5) is 0 Å². The zero-order chi connectivity index (χ0) is 8.10. The fourth-order valence-electron chi connectivity index (χ4n) is 1.79. The average Bonchev–Trinajstić information content (AvgIpc) is 2.03. The van der Waals surface area contributed by atoms with Crippen molar-refractivity contribution in [1.29, 1.82) is 0 Å². The second kappa shape index (κ2) is 4.55. The molecule has 1 rings (SSSR count). The van der Waals surface area contributed by atoms with E-state index in [4.69, 9.17) is 5.73 Å². The molecule has 0 aliphatic heterocycles. The normalized spacial score (nSPS) is 30.7. The first kappa shape index (κ1) is 8.79. The number of hydrogen-bond acceptors (Lipinski definition) is 1. The van der Waals surface area contributed by atoms with Crippen LogP contribution in [0.2, 0.25) is 0 Å². The van der Waals surface area contributed by atoms with Crippen LogP contribution in [-0.2, 0) is 0 Å². The first-order valence-corrected chi connectivity index (χ1v) is 4.69. The topological polar surface area (TPSA) is 26.0 Å². The van der Waals surface area contributed by atoms with Gasteiger partial charge in [0.05, 0.1) is 0 Å². The lowest BCUT2D eigenvalue weighted by atomic mass is 9.81. The van der Waals surface area contributed by atoms with Crippen LogP contribution in [0, 0.1) is 11.8 Å². The maximum absolute atomic E-state index is 5.47. The molecular formula is C10H19N. The molecule has 0 aromatic carbocycles. The molecule has 0 amide bonds. The summed E-state index contributed by atoms with van der Waals surface area (Å²) in [5, 5.41) is 0. The summed E-state index contributed by atoms with van der Waals surface area (Å²) in [5.74, 6) is 1.79. The Morgan fingerprint density at radius 3 is 2.73 bits per heavy atom. The molecule has 11 heavy (non-hydrogen) atoms. The number of hydrogen-bond donors (Lipinski definition) is 1. The van der Waals surface area contributed by atoms with Crippen LogP contribution in [0.3, 0.4) is 0 Å². The van der Waals surface area contributed by atoms with Gasteiger partial charge in [0, 0.05) is 0 Å². The Bertz CT molecular complexity index is 129. The van der Waals surface area contributed by atoms with Gasteiger partial charge in [0.15, 0.2) is 0 Å². The van der Waals surface area contributed by atoms with Gasteiger partial charge < -0.3 is 5.73 Å². The highest BCUT2D eigenvalue weighted by Crippen LogP contribution is 2.28. The van der Waals surface area contributed by atoms with Crippen LogP contribution in [0.1, 0.15) is 32.6 Å². The molecule has 0 heterocycles. The van der Waals surface area contributed by atoms with Crippen LogP contribution in [0.5, 0.6) is 0 Å². The number of allylic oxidation sites excluding steroid dienone is 2. The van der Waals surface area contributed by atoms with Crippen molar-refractivity contribution >= 4 is 0 Å². The lowest BCUT2D eigenvalue weighted by Gasteiger charge is -2.24. The fraction of sp³-hybridized carbons (Fsp3) is 0.800. The molecule has 0 saturated heterocycles. The quantitative estimate of drug-likeness (QED) is 0.619. The molecule has 1 nitrogen and oxygen atoms in total. The molecule has 0 radical (unpaired) electrons. The van der Waals surface area contributed by atoms with Crippen molar-refractivity contribution in [2.24, 2.45) is 17.6 Å². The van der Waals surface area contributed by atoms with E-state index in [1.165, 1.54) is 25.7 Å². The van der Waals surface area contributed by atoms with Crippen molar-refractivity contribution in [2.75, 3.05) is 6.54 Å². The highest BCUT2D eigenvalue weighted by Gasteiger charge is 2.16. The van der Waals surface area contributed by atoms with Crippen LogP contribution in [0.25, 0.3) is 0 Å². The average molecular weight is 153 g/mol. The first-order chi connectivity index (χ1) is 5.34. The van der Waals surface area contributed by atoms with Gasteiger partial charge in [-0.1, -0.05) is 19.1 Å². The summed E-state index contributed by atoms with van der Waals surface area (Å²) < 4.78 is 0. The second-order valence-corrected chi connectivity index (χ2v) is 3.61. The van der Waals surface area contributed by atoms with Gasteiger partial charge in [-0.25, -0.2) is 0 Å². The zero-order valence-electron chi connectivity index (χ0n) is 7.42. The minimum Gasteiger partial charge on any atom is -0.330 e. The number of nitrogens with two attached hydrogens (primary N) is 1. The molecule has 1 aliphatic rings. The Morgan fingerprint density at radius 1 is 1.36 bits per heavy atom. The van der Waals surface area contributed by atoms with Crippen LogP contribution in [0.15, 0.2) is 12.2 Å². The van der Waals surface area contributed by atoms with Gasteiger partial charge in [-0.05, 0) is 44.1 Å². The van der Waals surface area contributed by atoms with Gasteiger partial charge in [-0.15, -0.1) is 0 Å². The van der Waals surface area contributed by atoms with Gasteiger partial charge in [-0.3, -0.25) is 0 Å². The highest BCUT2D eigenvalue weighted by atomic mass is 14.5. The summed E-state index contributed by atoms with van der Waals surface area (Å²) in [5.41, 5.74) is 5.47. The summed E-state index contributed by atoms with van der Waals surface area (Å²) in [7, 11) is 0. The molecule has 1 heteroatoms. The lowest BCUT2D eigenvalue weighted by molar-refractivity contribution is 0.323. The van der Waals surface area contributed by atoms with Crippen molar-refractivity contribution in [2.45, 2.75) is 32.6 Å². The van der Waals surface area contributed by atoms with Crippen molar-refractivity contribution < 1.29 is 0 Å². The molecule has 0 fully saturated rings. The maximum atomic E-state index is 5.47. The summed E-state index contributed by atoms with van der Waals surface area (Å²) >= 11 is 0. The smallest absolute Gasteiger partial charge is 0.00772 e. The van der Waals surface area contributed by atoms with E-state index in [-0.39, 0.29) is 0 Å². The predicted octanol–water partition coefficient (Wildman–Crippen LogP) is 2.33. The molecule has 0 saturated carbocycles. The summed E-state index contributed by atoms with van der Waals surface area (Å²) in [6, 6.07) is 0. The van der Waals surface area contributed by atoms with E-state index in [9.17, 15) is 0 Å². The van der Waals surface area contributed by atoms with Crippen LogP contribution in [-0.4, -0.2) is 6.54 Å². The number of rotatable bonds is 3. The molecule has 2 atom stereocenters. The summed E-state index contributed by atoms with van der Waals surface area (Å²) in [4.78, 5) is 0. The van der Waals surface area contributed by atoms with E-state index in [0.717, 1.165) is 18.4 Å². The van der Waals surface area contributed by atoms with E-state index >= 15 is 0 Å². The van der Waals surface area contributed by atoms with E-state index in [2.05, 4.69) is 19.1 Å². The minimum atomic E-state index is 0.854. The summed E-state index contributed by atoms with van der Waals surface area (Å²) in [6.07, 6.45) is 9.70. The van der Waals surface area contributed by atoms with Crippen molar-refractivity contribution in [3.8, 4) is 0 Å². The molecule has 0 bridgehead atoms. The van der Waals surface area contributed by atoms with E-state index < -0.39 is 0 Å². The largest absolute Gasteiger partial charge is 0.330 e. The van der Waals surface area contributed by atoms with Gasteiger partial charge in [0.2, 0.25) is 0 Å². The Balaban J connectivity index is 2.26. The van der Waals surface area contributed by atoms with Gasteiger partial charge >= 0.3 is 0 Å². The SMILES string of the molecule is CC1CC=CCC1CCCN. The Labute approximate surface area is 69.7 Å². The first-order valence-electron chi connectivity index (χ1n) is 4.69. The van der Waals surface area contributed by atoms with Crippen molar-refractivity contribution in [1.82, 2.24) is 0 Å². The van der Waals surface area contributed by atoms with Gasteiger partial charge in [0.25, 0.3) is 0 Å². The predicted molar refractivity (Wildman–Crippen MR) is 49.3 cm³/mol. The Hall–Kier alpha value is -0.300. The molecule has 2 unspecified atom stereocenters. The van der Waals surface area contributed by atoms with Gasteiger partial charge in [0.1, 0.15) is 0 Å². The molecule has 0 aromatic heterocycles. The highest BCUT2D eigenvalue weighted by molar-refractivity contribution is 4.92. The van der Waals surface area contributed by atoms with Crippen LogP contribution >= 0.6 is 0 Å². The lowest BCUT2D eigenvalue weighted by Crippen LogP contribution is -2.15.